The second kappa shape index (κ2) is 9.50. The summed E-state index contributed by atoms with van der Waals surface area (Å²) in [5, 5.41) is 13.9. The van der Waals surface area contributed by atoms with Crippen LogP contribution >= 0.6 is 11.6 Å². The Balaban J connectivity index is 1.27. The summed E-state index contributed by atoms with van der Waals surface area (Å²) in [4.78, 5) is 41.2. The van der Waals surface area contributed by atoms with Crippen LogP contribution in [0.1, 0.15) is 27.9 Å². The first-order valence-corrected chi connectivity index (χ1v) is 12.6. The number of carbonyl (C=O) groups excluding carboxylic acids is 3. The number of aromatic nitrogens is 2. The molecule has 3 N–H and O–H groups in total. The van der Waals surface area contributed by atoms with E-state index < -0.39 is 17.7 Å². The van der Waals surface area contributed by atoms with Crippen LogP contribution in [0, 0.1) is 0 Å². The van der Waals surface area contributed by atoms with Crippen LogP contribution in [0.25, 0.3) is 10.9 Å². The minimum absolute atomic E-state index is 0.161. The normalized spacial score (nSPS) is 19.1. The van der Waals surface area contributed by atoms with E-state index in [0.29, 0.717) is 35.7 Å². The lowest BCUT2D eigenvalue weighted by atomic mass is 9.90. The summed E-state index contributed by atoms with van der Waals surface area (Å²) >= 11 is 6.26. The van der Waals surface area contributed by atoms with Crippen molar-refractivity contribution in [3.05, 3.63) is 94.6 Å². The quantitative estimate of drug-likeness (QED) is 0.357. The number of hydrogen-bond acceptors (Lipinski definition) is 5. The summed E-state index contributed by atoms with van der Waals surface area (Å²) in [6.07, 6.45) is 1.84. The second-order valence-corrected chi connectivity index (χ2v) is 10.0. The number of nitrogens with zero attached hydrogens (tertiary/aromatic N) is 2. The number of anilines is 1. The number of hydrogen-bond donors (Lipinski definition) is 3. The fourth-order valence-electron chi connectivity index (χ4n) is 5.23. The Morgan fingerprint density at radius 3 is 2.82 bits per heavy atom. The molecule has 0 aliphatic carbocycles. The third-order valence-corrected chi connectivity index (χ3v) is 7.37. The van der Waals surface area contributed by atoms with Gasteiger partial charge < -0.3 is 15.0 Å². The van der Waals surface area contributed by atoms with Crippen LogP contribution in [0.2, 0.25) is 5.02 Å². The van der Waals surface area contributed by atoms with Gasteiger partial charge in [-0.3, -0.25) is 20.0 Å². The molecular weight excluding hydrogens is 506 g/mol. The Morgan fingerprint density at radius 1 is 1.13 bits per heavy atom. The van der Waals surface area contributed by atoms with Crippen LogP contribution < -0.4 is 10.6 Å². The molecule has 3 aromatic carbocycles. The molecule has 0 saturated carbocycles. The van der Waals surface area contributed by atoms with Crippen molar-refractivity contribution in [2.45, 2.75) is 24.5 Å². The van der Waals surface area contributed by atoms with Crippen molar-refractivity contribution in [1.82, 2.24) is 20.4 Å². The summed E-state index contributed by atoms with van der Waals surface area (Å²) in [6, 6.07) is 19.1. The number of likely N-dealkylation sites (tertiary alicyclic amines) is 1. The molecule has 1 saturated heterocycles. The first-order chi connectivity index (χ1) is 18.4. The Bertz CT molecular complexity index is 1560. The Hall–Kier alpha value is -4.37. The van der Waals surface area contributed by atoms with E-state index in [4.69, 9.17) is 16.3 Å². The third-order valence-electron chi connectivity index (χ3n) is 7.13. The highest BCUT2D eigenvalue weighted by atomic mass is 35.5. The molecule has 1 aromatic heterocycles. The molecule has 2 aliphatic heterocycles. The Labute approximate surface area is 223 Å². The predicted octanol–water partition coefficient (Wildman–Crippen LogP) is 4.25. The van der Waals surface area contributed by atoms with Crippen LogP contribution in [0.4, 0.5) is 10.5 Å². The number of fused-ring (bicyclic) bond motifs is 3. The van der Waals surface area contributed by atoms with Gasteiger partial charge in [0.05, 0.1) is 23.9 Å². The highest BCUT2D eigenvalue weighted by molar-refractivity contribution is 6.30. The number of H-pyrrole nitrogens is 1. The summed E-state index contributed by atoms with van der Waals surface area (Å²) < 4.78 is 5.78. The van der Waals surface area contributed by atoms with Crippen LogP contribution in [0.3, 0.4) is 0 Å². The molecule has 1 unspecified atom stereocenters. The zero-order valence-corrected chi connectivity index (χ0v) is 21.0. The van der Waals surface area contributed by atoms with E-state index in [-0.39, 0.29) is 18.4 Å². The van der Waals surface area contributed by atoms with E-state index in [9.17, 15) is 14.4 Å². The van der Waals surface area contributed by atoms with Gasteiger partial charge in [0.2, 0.25) is 5.91 Å². The standard InChI is InChI=1S/C28H24ClN5O4/c29-20-8-9-22-21(14-20)28(38-27(37)32-22)10-11-34(16-28)26(36)24(12-17-4-2-1-3-5-17)31-25(35)18-6-7-19-15-30-33-23(19)13-18/h1-9,13-15,24H,10-12,16H2,(H,30,33)(H,31,35)(H,32,37)/t24-,28?/m0/s1. The first kappa shape index (κ1) is 24.0. The first-order valence-electron chi connectivity index (χ1n) is 12.3. The van der Waals surface area contributed by atoms with Crippen molar-refractivity contribution in [3.8, 4) is 0 Å². The van der Waals surface area contributed by atoms with Gasteiger partial charge in [-0.25, -0.2) is 4.79 Å². The molecule has 3 heterocycles. The van der Waals surface area contributed by atoms with Crippen molar-refractivity contribution < 1.29 is 19.1 Å². The largest absolute Gasteiger partial charge is 0.436 e. The SMILES string of the molecule is O=C1Nc2ccc(Cl)cc2C2(CCN(C(=O)[C@H](Cc3ccccc3)NC(=O)c3ccc4cn[nH]c4c3)C2)O1. The topological polar surface area (TPSA) is 116 Å². The summed E-state index contributed by atoms with van der Waals surface area (Å²) in [5.41, 5.74) is 2.40. The fourth-order valence-corrected chi connectivity index (χ4v) is 5.41. The molecular formula is C28H24ClN5O4. The van der Waals surface area contributed by atoms with E-state index in [2.05, 4.69) is 20.8 Å². The second-order valence-electron chi connectivity index (χ2n) is 9.60. The minimum Gasteiger partial charge on any atom is -0.436 e. The molecule has 0 radical (unpaired) electrons. The third kappa shape index (κ3) is 4.45. The van der Waals surface area contributed by atoms with Gasteiger partial charge in [0.15, 0.2) is 5.60 Å². The summed E-state index contributed by atoms with van der Waals surface area (Å²) in [7, 11) is 0. The molecule has 38 heavy (non-hydrogen) atoms. The van der Waals surface area contributed by atoms with Crippen LogP contribution in [-0.2, 0) is 21.6 Å². The maximum atomic E-state index is 13.9. The number of nitrogens with one attached hydrogen (secondary N) is 3. The smallest absolute Gasteiger partial charge is 0.412 e. The van der Waals surface area contributed by atoms with Gasteiger partial charge in [-0.1, -0.05) is 48.0 Å². The fraction of sp³-hybridized carbons (Fsp3) is 0.214. The number of aromatic amines is 1. The van der Waals surface area contributed by atoms with Crippen molar-refractivity contribution in [1.29, 1.82) is 0 Å². The number of ether oxygens (including phenoxy) is 1. The van der Waals surface area contributed by atoms with Gasteiger partial charge in [-0.15, -0.1) is 0 Å². The number of halogens is 1. The Kier molecular flexibility index (Phi) is 6.00. The van der Waals surface area contributed by atoms with Crippen molar-refractivity contribution in [3.63, 3.8) is 0 Å². The molecule has 0 bridgehead atoms. The monoisotopic (exact) mass is 529 g/mol. The average Bonchev–Trinajstić information content (AvgIpc) is 3.56. The van der Waals surface area contributed by atoms with Gasteiger partial charge in [0.25, 0.3) is 5.91 Å². The molecule has 1 fully saturated rings. The van der Waals surface area contributed by atoms with Gasteiger partial charge in [0.1, 0.15) is 6.04 Å². The predicted molar refractivity (Wildman–Crippen MR) is 142 cm³/mol. The molecule has 10 heteroatoms. The van der Waals surface area contributed by atoms with E-state index in [1.807, 2.05) is 30.3 Å². The molecule has 9 nitrogen and oxygen atoms in total. The zero-order chi connectivity index (χ0) is 26.3. The molecule has 4 aromatic rings. The van der Waals surface area contributed by atoms with E-state index in [1.54, 1.807) is 47.5 Å². The molecule has 192 valence electrons. The van der Waals surface area contributed by atoms with Crippen molar-refractivity contribution in [2.24, 2.45) is 0 Å². The molecule has 6 rings (SSSR count). The lowest BCUT2D eigenvalue weighted by molar-refractivity contribution is -0.133. The zero-order valence-electron chi connectivity index (χ0n) is 20.2. The lowest BCUT2D eigenvalue weighted by Gasteiger charge is -2.35. The van der Waals surface area contributed by atoms with Gasteiger partial charge in [0, 0.05) is 40.9 Å². The maximum Gasteiger partial charge on any atom is 0.412 e. The molecule has 3 amide bonds. The Morgan fingerprint density at radius 2 is 1.97 bits per heavy atom. The summed E-state index contributed by atoms with van der Waals surface area (Å²) in [6.45, 7) is 0.521. The number of benzene rings is 3. The van der Waals surface area contributed by atoms with Crippen LogP contribution in [0.15, 0.2) is 72.9 Å². The minimum atomic E-state index is -1.01. The average molecular weight is 530 g/mol. The molecule has 1 spiro atoms. The van der Waals surface area contributed by atoms with Crippen molar-refractivity contribution in [2.75, 3.05) is 18.4 Å². The van der Waals surface area contributed by atoms with Crippen molar-refractivity contribution >= 4 is 46.1 Å². The van der Waals surface area contributed by atoms with Gasteiger partial charge in [-0.2, -0.15) is 5.10 Å². The number of carbonyl (C=O) groups is 3. The highest BCUT2D eigenvalue weighted by Crippen LogP contribution is 2.43. The molecule has 2 atom stereocenters. The van der Waals surface area contributed by atoms with E-state index >= 15 is 0 Å². The maximum absolute atomic E-state index is 13.9. The number of rotatable bonds is 5. The summed E-state index contributed by atoms with van der Waals surface area (Å²) in [5.74, 6) is -0.616. The van der Waals surface area contributed by atoms with Gasteiger partial charge in [-0.05, 0) is 35.9 Å². The van der Waals surface area contributed by atoms with E-state index in [0.717, 1.165) is 22.0 Å². The van der Waals surface area contributed by atoms with E-state index in [1.165, 1.54) is 0 Å². The lowest BCUT2D eigenvalue weighted by Crippen LogP contribution is -2.50. The van der Waals surface area contributed by atoms with Crippen LogP contribution in [-0.4, -0.2) is 52.1 Å². The molecule has 2 aliphatic rings. The van der Waals surface area contributed by atoms with Crippen LogP contribution in [0.5, 0.6) is 0 Å². The number of amides is 3. The highest BCUT2D eigenvalue weighted by Gasteiger charge is 2.49. The van der Waals surface area contributed by atoms with Gasteiger partial charge >= 0.3 is 6.09 Å².